The van der Waals surface area contributed by atoms with Crippen molar-refractivity contribution in [1.82, 2.24) is 20.0 Å². The topological polar surface area (TPSA) is 54.7 Å². The Morgan fingerprint density at radius 3 is 2.75 bits per heavy atom. The van der Waals surface area contributed by atoms with Gasteiger partial charge in [0, 0.05) is 45.5 Å². The lowest BCUT2D eigenvalue weighted by Gasteiger charge is -2.22. The SMILES string of the molecule is CCNC(=NCCc1cccc(OC)c1)N(C)Cc1cn(C)nc1C(C)C.I. The number of rotatable bonds is 8. The highest BCUT2D eigenvalue weighted by molar-refractivity contribution is 14.0. The van der Waals surface area contributed by atoms with Gasteiger partial charge in [0.2, 0.25) is 0 Å². The van der Waals surface area contributed by atoms with Crippen LogP contribution in [0.25, 0.3) is 0 Å². The third kappa shape index (κ3) is 7.00. The fraction of sp³-hybridized carbons (Fsp3) is 0.524. The Labute approximate surface area is 186 Å². The monoisotopic (exact) mass is 499 g/mol. The molecule has 0 fully saturated rings. The second-order valence-corrected chi connectivity index (χ2v) is 7.06. The number of aliphatic imine (C=N–C) groups is 1. The number of halogens is 1. The number of nitrogens with one attached hydrogen (secondary N) is 1. The predicted octanol–water partition coefficient (Wildman–Crippen LogP) is 3.81. The minimum absolute atomic E-state index is 0. The van der Waals surface area contributed by atoms with E-state index in [0.29, 0.717) is 5.92 Å². The maximum Gasteiger partial charge on any atom is 0.193 e. The van der Waals surface area contributed by atoms with Crippen molar-refractivity contribution in [3.05, 3.63) is 47.3 Å². The largest absolute Gasteiger partial charge is 0.497 e. The molecule has 2 aromatic rings. The van der Waals surface area contributed by atoms with E-state index in [1.54, 1.807) is 7.11 Å². The van der Waals surface area contributed by atoms with Gasteiger partial charge in [0.05, 0.1) is 12.8 Å². The summed E-state index contributed by atoms with van der Waals surface area (Å²) in [7, 11) is 5.74. The van der Waals surface area contributed by atoms with Crippen LogP contribution in [0.4, 0.5) is 0 Å². The molecule has 0 spiro atoms. The van der Waals surface area contributed by atoms with Gasteiger partial charge in [-0.05, 0) is 37.0 Å². The molecule has 1 aromatic carbocycles. The molecule has 0 amide bonds. The third-order valence-corrected chi connectivity index (χ3v) is 4.38. The molecule has 0 radical (unpaired) electrons. The Hall–Kier alpha value is -1.77. The number of benzene rings is 1. The van der Waals surface area contributed by atoms with E-state index in [1.807, 2.05) is 23.9 Å². The van der Waals surface area contributed by atoms with Gasteiger partial charge in [-0.3, -0.25) is 9.67 Å². The normalized spacial score (nSPS) is 11.3. The first kappa shape index (κ1) is 24.3. The van der Waals surface area contributed by atoms with E-state index in [4.69, 9.17) is 9.73 Å². The van der Waals surface area contributed by atoms with E-state index in [2.05, 4.69) is 61.5 Å². The number of ether oxygens (including phenoxy) is 1. The van der Waals surface area contributed by atoms with Gasteiger partial charge >= 0.3 is 0 Å². The van der Waals surface area contributed by atoms with Crippen molar-refractivity contribution in [1.29, 1.82) is 0 Å². The quantitative estimate of drug-likeness (QED) is 0.341. The van der Waals surface area contributed by atoms with Crippen molar-refractivity contribution < 1.29 is 4.74 Å². The molecule has 28 heavy (non-hydrogen) atoms. The van der Waals surface area contributed by atoms with Crippen LogP contribution in [-0.2, 0) is 20.0 Å². The van der Waals surface area contributed by atoms with Gasteiger partial charge in [0.25, 0.3) is 0 Å². The van der Waals surface area contributed by atoms with Gasteiger partial charge in [-0.1, -0.05) is 26.0 Å². The molecular formula is C21H34IN5O. The number of aryl methyl sites for hydroxylation is 1. The van der Waals surface area contributed by atoms with Crippen LogP contribution >= 0.6 is 24.0 Å². The standard InChI is InChI=1S/C21H33N5O.HI/c1-7-22-21(23-12-11-17-9-8-10-19(13-17)27-6)25(4)14-18-15-26(5)24-20(18)16(2)3;/h8-10,13,15-16H,7,11-12,14H2,1-6H3,(H,22,23);1H. The van der Waals surface area contributed by atoms with Crippen molar-refractivity contribution in [2.45, 2.75) is 39.7 Å². The molecule has 0 aliphatic heterocycles. The summed E-state index contributed by atoms with van der Waals surface area (Å²) in [5.74, 6) is 2.21. The molecule has 156 valence electrons. The highest BCUT2D eigenvalue weighted by atomic mass is 127. The van der Waals surface area contributed by atoms with Crippen LogP contribution in [0.2, 0.25) is 0 Å². The number of hydrogen-bond acceptors (Lipinski definition) is 3. The maximum absolute atomic E-state index is 5.29. The Kier molecular flexibility index (Phi) is 10.3. The molecule has 1 N–H and O–H groups in total. The van der Waals surface area contributed by atoms with Crippen LogP contribution in [0.5, 0.6) is 5.75 Å². The van der Waals surface area contributed by atoms with E-state index in [-0.39, 0.29) is 24.0 Å². The van der Waals surface area contributed by atoms with Crippen molar-refractivity contribution in [3.63, 3.8) is 0 Å². The summed E-state index contributed by atoms with van der Waals surface area (Å²) in [5, 5.41) is 8.00. The fourth-order valence-electron chi connectivity index (χ4n) is 3.08. The molecule has 0 saturated heterocycles. The van der Waals surface area contributed by atoms with Gasteiger partial charge in [-0.2, -0.15) is 5.10 Å². The third-order valence-electron chi connectivity index (χ3n) is 4.38. The second-order valence-electron chi connectivity index (χ2n) is 7.06. The highest BCUT2D eigenvalue weighted by Gasteiger charge is 2.15. The summed E-state index contributed by atoms with van der Waals surface area (Å²) < 4.78 is 7.19. The van der Waals surface area contributed by atoms with E-state index in [1.165, 1.54) is 11.1 Å². The van der Waals surface area contributed by atoms with Crippen molar-refractivity contribution >= 4 is 29.9 Å². The molecule has 0 bridgehead atoms. The number of aromatic nitrogens is 2. The Morgan fingerprint density at radius 1 is 1.36 bits per heavy atom. The fourth-order valence-corrected chi connectivity index (χ4v) is 3.08. The second kappa shape index (κ2) is 11.9. The Morgan fingerprint density at radius 2 is 2.11 bits per heavy atom. The average molecular weight is 499 g/mol. The zero-order valence-corrected chi connectivity index (χ0v) is 20.2. The van der Waals surface area contributed by atoms with Crippen LogP contribution in [0.3, 0.4) is 0 Å². The van der Waals surface area contributed by atoms with E-state index in [0.717, 1.165) is 43.5 Å². The Bertz CT molecular complexity index is 757. The van der Waals surface area contributed by atoms with Crippen molar-refractivity contribution in [3.8, 4) is 5.75 Å². The molecule has 1 heterocycles. The lowest BCUT2D eigenvalue weighted by atomic mass is 10.1. The van der Waals surface area contributed by atoms with Crippen LogP contribution in [-0.4, -0.2) is 47.9 Å². The maximum atomic E-state index is 5.29. The average Bonchev–Trinajstić information content (AvgIpc) is 3.01. The van der Waals surface area contributed by atoms with Crippen LogP contribution in [0, 0.1) is 0 Å². The molecule has 0 unspecified atom stereocenters. The molecule has 0 saturated carbocycles. The smallest absolute Gasteiger partial charge is 0.193 e. The summed E-state index contributed by atoms with van der Waals surface area (Å²) >= 11 is 0. The molecule has 0 aliphatic carbocycles. The van der Waals surface area contributed by atoms with Crippen molar-refractivity contribution in [2.24, 2.45) is 12.0 Å². The Balaban J connectivity index is 0.00000392. The first-order valence-corrected chi connectivity index (χ1v) is 9.59. The molecule has 1 aromatic heterocycles. The minimum atomic E-state index is 0. The van der Waals surface area contributed by atoms with Gasteiger partial charge in [0.1, 0.15) is 5.75 Å². The summed E-state index contributed by atoms with van der Waals surface area (Å²) in [5.41, 5.74) is 3.62. The number of guanidine groups is 1. The highest BCUT2D eigenvalue weighted by Crippen LogP contribution is 2.18. The number of methoxy groups -OCH3 is 1. The minimum Gasteiger partial charge on any atom is -0.497 e. The lowest BCUT2D eigenvalue weighted by Crippen LogP contribution is -2.38. The zero-order valence-electron chi connectivity index (χ0n) is 17.9. The van der Waals surface area contributed by atoms with Gasteiger partial charge in [-0.25, -0.2) is 0 Å². The molecule has 0 aliphatic rings. The van der Waals surface area contributed by atoms with Gasteiger partial charge in [-0.15, -0.1) is 24.0 Å². The molecule has 7 heteroatoms. The van der Waals surface area contributed by atoms with Crippen molar-refractivity contribution in [2.75, 3.05) is 27.2 Å². The summed E-state index contributed by atoms with van der Waals surface area (Å²) in [6.45, 7) is 8.80. The van der Waals surface area contributed by atoms with E-state index >= 15 is 0 Å². The molecule has 0 atom stereocenters. The zero-order chi connectivity index (χ0) is 19.8. The van der Waals surface area contributed by atoms with E-state index in [9.17, 15) is 0 Å². The van der Waals surface area contributed by atoms with Crippen LogP contribution in [0.1, 0.15) is 43.5 Å². The summed E-state index contributed by atoms with van der Waals surface area (Å²) in [6, 6.07) is 8.16. The van der Waals surface area contributed by atoms with E-state index < -0.39 is 0 Å². The van der Waals surface area contributed by atoms with Crippen LogP contribution < -0.4 is 10.1 Å². The molecular weight excluding hydrogens is 465 g/mol. The van der Waals surface area contributed by atoms with Gasteiger partial charge in [0.15, 0.2) is 5.96 Å². The first-order valence-electron chi connectivity index (χ1n) is 9.59. The molecule has 6 nitrogen and oxygen atoms in total. The summed E-state index contributed by atoms with van der Waals surface area (Å²) in [4.78, 5) is 6.97. The predicted molar refractivity (Wildman–Crippen MR) is 127 cm³/mol. The number of nitrogens with zero attached hydrogens (tertiary/aromatic N) is 4. The first-order chi connectivity index (χ1) is 12.9. The van der Waals surface area contributed by atoms with Gasteiger partial charge < -0.3 is 15.0 Å². The molecule has 2 rings (SSSR count). The summed E-state index contributed by atoms with van der Waals surface area (Å²) in [6.07, 6.45) is 2.98. The van der Waals surface area contributed by atoms with Crippen LogP contribution in [0.15, 0.2) is 35.5 Å². The lowest BCUT2D eigenvalue weighted by molar-refractivity contribution is 0.414. The number of hydrogen-bond donors (Lipinski definition) is 1.